The zero-order valence-electron chi connectivity index (χ0n) is 19.4. The van der Waals surface area contributed by atoms with Gasteiger partial charge in [0.05, 0.1) is 34.1 Å². The first-order valence-electron chi connectivity index (χ1n) is 10.8. The molecule has 0 bridgehead atoms. The predicted molar refractivity (Wildman–Crippen MR) is 141 cm³/mol. The maximum absolute atomic E-state index is 6.07. The standard InChI is InChI=1S/C26H25N9/c1-35(2)22-10-6-9-21(15-22)32-29-19-11-13-20(14-12-19)31-34-26-17-25(23(27)16-24(26)28)33-30-18-7-4-3-5-8-18/h3-17H,27-28H2,1-2H3. The van der Waals surface area contributed by atoms with E-state index in [9.17, 15) is 0 Å². The quantitative estimate of drug-likeness (QED) is 0.212. The second-order valence-electron chi connectivity index (χ2n) is 7.84. The Labute approximate surface area is 203 Å². The Morgan fingerprint density at radius 1 is 0.486 bits per heavy atom. The van der Waals surface area contributed by atoms with E-state index in [0.717, 1.165) is 17.1 Å². The molecule has 4 rings (SSSR count). The average molecular weight is 464 g/mol. The van der Waals surface area contributed by atoms with E-state index < -0.39 is 0 Å². The van der Waals surface area contributed by atoms with Crippen molar-refractivity contribution in [3.05, 3.63) is 91.0 Å². The van der Waals surface area contributed by atoms with Gasteiger partial charge in [-0.05, 0) is 66.7 Å². The number of anilines is 3. The van der Waals surface area contributed by atoms with Crippen LogP contribution in [0.5, 0.6) is 0 Å². The first-order valence-corrected chi connectivity index (χ1v) is 10.8. The second kappa shape index (κ2) is 10.8. The minimum Gasteiger partial charge on any atom is -0.397 e. The highest BCUT2D eigenvalue weighted by atomic mass is 15.1. The lowest BCUT2D eigenvalue weighted by Gasteiger charge is -2.11. The predicted octanol–water partition coefficient (Wildman–Crippen LogP) is 8.16. The van der Waals surface area contributed by atoms with Crippen molar-refractivity contribution >= 4 is 51.2 Å². The molecular formula is C26H25N9. The molecule has 0 unspecified atom stereocenters. The molecule has 0 radical (unpaired) electrons. The maximum Gasteiger partial charge on any atom is 0.111 e. The summed E-state index contributed by atoms with van der Waals surface area (Å²) in [5.41, 5.74) is 17.7. The van der Waals surface area contributed by atoms with Crippen LogP contribution in [-0.4, -0.2) is 14.1 Å². The molecule has 0 fully saturated rings. The third-order valence-electron chi connectivity index (χ3n) is 4.96. The lowest BCUT2D eigenvalue weighted by molar-refractivity contribution is 1.13. The summed E-state index contributed by atoms with van der Waals surface area (Å²) in [6.07, 6.45) is 0. The summed E-state index contributed by atoms with van der Waals surface area (Å²) in [5, 5.41) is 25.6. The van der Waals surface area contributed by atoms with Crippen molar-refractivity contribution in [1.29, 1.82) is 0 Å². The van der Waals surface area contributed by atoms with Crippen LogP contribution in [-0.2, 0) is 0 Å². The van der Waals surface area contributed by atoms with Gasteiger partial charge in [-0.3, -0.25) is 0 Å². The van der Waals surface area contributed by atoms with E-state index in [1.807, 2.05) is 85.7 Å². The summed E-state index contributed by atoms with van der Waals surface area (Å²) in [5.74, 6) is 0. The van der Waals surface area contributed by atoms with E-state index in [0.29, 0.717) is 34.1 Å². The molecular weight excluding hydrogens is 438 g/mol. The Balaban J connectivity index is 1.47. The molecule has 0 aliphatic heterocycles. The number of nitrogens with two attached hydrogens (primary N) is 2. The first-order chi connectivity index (χ1) is 17.0. The van der Waals surface area contributed by atoms with E-state index in [-0.39, 0.29) is 0 Å². The van der Waals surface area contributed by atoms with Crippen LogP contribution in [0.1, 0.15) is 0 Å². The molecule has 0 spiro atoms. The van der Waals surface area contributed by atoms with Crippen LogP contribution < -0.4 is 16.4 Å². The van der Waals surface area contributed by atoms with Crippen LogP contribution in [0.4, 0.5) is 51.2 Å². The molecule has 4 aromatic carbocycles. The molecule has 0 amide bonds. The van der Waals surface area contributed by atoms with E-state index in [1.165, 1.54) is 0 Å². The molecule has 9 heteroatoms. The van der Waals surface area contributed by atoms with E-state index in [1.54, 1.807) is 24.3 Å². The number of hydrogen-bond acceptors (Lipinski definition) is 9. The average Bonchev–Trinajstić information content (AvgIpc) is 2.88. The van der Waals surface area contributed by atoms with Crippen molar-refractivity contribution in [3.8, 4) is 0 Å². The van der Waals surface area contributed by atoms with Gasteiger partial charge in [-0.15, -0.1) is 10.2 Å². The van der Waals surface area contributed by atoms with Crippen LogP contribution in [0, 0.1) is 0 Å². The third kappa shape index (κ3) is 6.32. The lowest BCUT2D eigenvalue weighted by atomic mass is 10.2. The summed E-state index contributed by atoms with van der Waals surface area (Å²) in [7, 11) is 3.97. The molecule has 0 heterocycles. The molecule has 0 saturated heterocycles. The van der Waals surface area contributed by atoms with Gasteiger partial charge >= 0.3 is 0 Å². The summed E-state index contributed by atoms with van der Waals surface area (Å²) in [6, 6.07) is 27.7. The molecule has 0 aromatic heterocycles. The maximum atomic E-state index is 6.07. The van der Waals surface area contributed by atoms with Gasteiger partial charge in [0.25, 0.3) is 0 Å². The SMILES string of the molecule is CN(C)c1cccc(N=Nc2ccc(N=Nc3cc(N=Nc4ccccc4)c(N)cc3N)cc2)c1. The largest absolute Gasteiger partial charge is 0.397 e. The number of nitrogens with zero attached hydrogens (tertiary/aromatic N) is 7. The Kier molecular flexibility index (Phi) is 7.17. The van der Waals surface area contributed by atoms with Gasteiger partial charge in [0.15, 0.2) is 0 Å². The highest BCUT2D eigenvalue weighted by Gasteiger charge is 2.06. The van der Waals surface area contributed by atoms with E-state index >= 15 is 0 Å². The number of azo groups is 3. The Bertz CT molecular complexity index is 1380. The molecule has 4 N–H and O–H groups in total. The Morgan fingerprint density at radius 2 is 0.971 bits per heavy atom. The minimum atomic E-state index is 0.398. The fourth-order valence-electron chi connectivity index (χ4n) is 3.04. The highest BCUT2D eigenvalue weighted by Crippen LogP contribution is 2.35. The number of rotatable bonds is 7. The van der Waals surface area contributed by atoms with Gasteiger partial charge in [-0.1, -0.05) is 24.3 Å². The van der Waals surface area contributed by atoms with E-state index in [2.05, 4.69) is 30.7 Å². The van der Waals surface area contributed by atoms with E-state index in [4.69, 9.17) is 11.5 Å². The van der Waals surface area contributed by atoms with Gasteiger partial charge < -0.3 is 16.4 Å². The molecule has 0 aliphatic rings. The highest BCUT2D eigenvalue weighted by molar-refractivity contribution is 5.77. The van der Waals surface area contributed by atoms with Crippen molar-refractivity contribution in [1.82, 2.24) is 0 Å². The van der Waals surface area contributed by atoms with Crippen molar-refractivity contribution in [2.45, 2.75) is 0 Å². The molecule has 0 saturated carbocycles. The second-order valence-corrected chi connectivity index (χ2v) is 7.84. The number of nitrogen functional groups attached to an aromatic ring is 2. The summed E-state index contributed by atoms with van der Waals surface area (Å²) >= 11 is 0. The number of hydrogen-bond donors (Lipinski definition) is 2. The van der Waals surface area contributed by atoms with Crippen LogP contribution in [0.25, 0.3) is 0 Å². The zero-order valence-corrected chi connectivity index (χ0v) is 19.4. The number of benzene rings is 4. The zero-order chi connectivity index (χ0) is 24.6. The monoisotopic (exact) mass is 463 g/mol. The lowest BCUT2D eigenvalue weighted by Crippen LogP contribution is -2.07. The molecule has 0 atom stereocenters. The molecule has 0 aliphatic carbocycles. The van der Waals surface area contributed by atoms with Gasteiger partial charge in [0, 0.05) is 19.8 Å². The topological polar surface area (TPSA) is 129 Å². The van der Waals surface area contributed by atoms with Gasteiger partial charge in [0.1, 0.15) is 11.4 Å². The van der Waals surface area contributed by atoms with Gasteiger partial charge in [0.2, 0.25) is 0 Å². The fraction of sp³-hybridized carbons (Fsp3) is 0.0769. The van der Waals surface area contributed by atoms with Crippen molar-refractivity contribution < 1.29 is 0 Å². The molecule has 9 nitrogen and oxygen atoms in total. The Hall–Kier alpha value is -4.92. The summed E-state index contributed by atoms with van der Waals surface area (Å²) < 4.78 is 0. The van der Waals surface area contributed by atoms with Crippen LogP contribution in [0.15, 0.2) is 122 Å². The normalized spacial score (nSPS) is 11.6. The fourth-order valence-corrected chi connectivity index (χ4v) is 3.04. The molecule has 4 aromatic rings. The van der Waals surface area contributed by atoms with Crippen molar-refractivity contribution in [2.24, 2.45) is 30.7 Å². The molecule has 35 heavy (non-hydrogen) atoms. The van der Waals surface area contributed by atoms with Crippen molar-refractivity contribution in [2.75, 3.05) is 30.5 Å². The van der Waals surface area contributed by atoms with Crippen LogP contribution in [0.2, 0.25) is 0 Å². The third-order valence-corrected chi connectivity index (χ3v) is 4.96. The van der Waals surface area contributed by atoms with Gasteiger partial charge in [-0.2, -0.15) is 20.5 Å². The molecule has 174 valence electrons. The Morgan fingerprint density at radius 3 is 1.54 bits per heavy atom. The van der Waals surface area contributed by atoms with Crippen molar-refractivity contribution in [3.63, 3.8) is 0 Å². The van der Waals surface area contributed by atoms with Crippen LogP contribution in [0.3, 0.4) is 0 Å². The first kappa shape index (κ1) is 23.2. The minimum absolute atomic E-state index is 0.398. The summed E-state index contributed by atoms with van der Waals surface area (Å²) in [4.78, 5) is 2.02. The van der Waals surface area contributed by atoms with Gasteiger partial charge in [-0.25, -0.2) is 0 Å². The smallest absolute Gasteiger partial charge is 0.111 e. The summed E-state index contributed by atoms with van der Waals surface area (Å²) in [6.45, 7) is 0. The van der Waals surface area contributed by atoms with Crippen LogP contribution >= 0.6 is 0 Å².